The molecule has 0 aromatic carbocycles. The fraction of sp³-hybridized carbons (Fsp3) is 0.692. The van der Waals surface area contributed by atoms with Crippen molar-refractivity contribution in [2.75, 3.05) is 0 Å². The van der Waals surface area contributed by atoms with E-state index in [-0.39, 0.29) is 11.3 Å². The number of aromatic nitrogens is 2. The smallest absolute Gasteiger partial charge is 0.220 e. The van der Waals surface area contributed by atoms with Gasteiger partial charge >= 0.3 is 0 Å². The van der Waals surface area contributed by atoms with Crippen molar-refractivity contribution in [2.24, 2.45) is 11.3 Å². The largest absolute Gasteiger partial charge is 0.352 e. The third-order valence-electron chi connectivity index (χ3n) is 3.38. The molecular formula is C13H23N3O. The van der Waals surface area contributed by atoms with E-state index >= 15 is 0 Å². The number of H-pyrrole nitrogens is 1. The summed E-state index contributed by atoms with van der Waals surface area (Å²) >= 11 is 0. The van der Waals surface area contributed by atoms with Gasteiger partial charge in [0.2, 0.25) is 5.91 Å². The second kappa shape index (κ2) is 5.34. The van der Waals surface area contributed by atoms with Crippen LogP contribution in [0, 0.1) is 18.3 Å². The molecule has 1 aromatic heterocycles. The van der Waals surface area contributed by atoms with Crippen LogP contribution in [-0.2, 0) is 11.3 Å². The highest BCUT2D eigenvalue weighted by molar-refractivity contribution is 5.76. The van der Waals surface area contributed by atoms with Crippen LogP contribution in [0.25, 0.3) is 0 Å². The maximum atomic E-state index is 11.8. The van der Waals surface area contributed by atoms with Gasteiger partial charge in [-0.05, 0) is 18.3 Å². The van der Waals surface area contributed by atoms with Crippen LogP contribution in [-0.4, -0.2) is 16.1 Å². The minimum absolute atomic E-state index is 0.105. The second-order valence-electron chi connectivity index (χ2n) is 5.77. The molecule has 17 heavy (non-hydrogen) atoms. The van der Waals surface area contributed by atoms with Crippen LogP contribution in [0.15, 0.2) is 6.20 Å². The van der Waals surface area contributed by atoms with E-state index in [2.05, 4.69) is 43.2 Å². The Morgan fingerprint density at radius 2 is 2.18 bits per heavy atom. The van der Waals surface area contributed by atoms with Crippen molar-refractivity contribution >= 4 is 5.91 Å². The Morgan fingerprint density at radius 3 is 2.65 bits per heavy atom. The first-order valence-electron chi connectivity index (χ1n) is 6.06. The first kappa shape index (κ1) is 13.7. The number of aromatic amines is 1. The average molecular weight is 237 g/mol. The lowest BCUT2D eigenvalue weighted by atomic mass is 9.80. The molecule has 1 aromatic rings. The summed E-state index contributed by atoms with van der Waals surface area (Å²) in [7, 11) is 0. The maximum absolute atomic E-state index is 11.8. The Kier molecular flexibility index (Phi) is 4.32. The van der Waals surface area contributed by atoms with Gasteiger partial charge in [0, 0.05) is 24.2 Å². The van der Waals surface area contributed by atoms with Crippen LogP contribution >= 0.6 is 0 Å². The fourth-order valence-electron chi connectivity index (χ4n) is 1.40. The molecule has 1 atom stereocenters. The lowest BCUT2D eigenvalue weighted by Crippen LogP contribution is -2.28. The summed E-state index contributed by atoms with van der Waals surface area (Å²) in [6, 6.07) is 0. The quantitative estimate of drug-likeness (QED) is 0.845. The van der Waals surface area contributed by atoms with Crippen LogP contribution in [0.3, 0.4) is 0 Å². The molecule has 0 radical (unpaired) electrons. The molecule has 0 saturated heterocycles. The van der Waals surface area contributed by atoms with Crippen molar-refractivity contribution in [2.45, 2.75) is 47.6 Å². The van der Waals surface area contributed by atoms with E-state index in [9.17, 15) is 4.79 Å². The monoisotopic (exact) mass is 237 g/mol. The van der Waals surface area contributed by atoms with E-state index in [0.29, 0.717) is 18.9 Å². The van der Waals surface area contributed by atoms with Crippen LogP contribution in [0.4, 0.5) is 0 Å². The molecule has 0 aliphatic carbocycles. The van der Waals surface area contributed by atoms with Crippen molar-refractivity contribution in [3.8, 4) is 0 Å². The predicted molar refractivity (Wildman–Crippen MR) is 68.4 cm³/mol. The van der Waals surface area contributed by atoms with E-state index < -0.39 is 0 Å². The molecule has 2 N–H and O–H groups in total. The molecular weight excluding hydrogens is 214 g/mol. The Morgan fingerprint density at radius 1 is 1.53 bits per heavy atom. The van der Waals surface area contributed by atoms with Gasteiger partial charge < -0.3 is 5.32 Å². The summed E-state index contributed by atoms with van der Waals surface area (Å²) in [5.41, 5.74) is 2.22. The number of carbonyl (C=O) groups is 1. The summed E-state index contributed by atoms with van der Waals surface area (Å²) in [4.78, 5) is 11.8. The maximum Gasteiger partial charge on any atom is 0.220 e. The third kappa shape index (κ3) is 4.21. The van der Waals surface area contributed by atoms with E-state index in [4.69, 9.17) is 0 Å². The summed E-state index contributed by atoms with van der Waals surface area (Å²) < 4.78 is 0. The molecule has 0 bridgehead atoms. The fourth-order valence-corrected chi connectivity index (χ4v) is 1.40. The highest BCUT2D eigenvalue weighted by Gasteiger charge is 2.22. The van der Waals surface area contributed by atoms with Gasteiger partial charge in [-0.15, -0.1) is 0 Å². The number of amides is 1. The number of nitrogens with one attached hydrogen (secondary N) is 2. The zero-order chi connectivity index (χ0) is 13.1. The number of hydrogen-bond acceptors (Lipinski definition) is 2. The van der Waals surface area contributed by atoms with Gasteiger partial charge in [-0.25, -0.2) is 0 Å². The van der Waals surface area contributed by atoms with E-state index in [1.54, 1.807) is 6.20 Å². The SMILES string of the molecule is Cc1[nH]ncc1CNC(=O)CC(C)C(C)(C)C. The molecule has 96 valence electrons. The summed E-state index contributed by atoms with van der Waals surface area (Å²) in [5, 5.41) is 9.71. The van der Waals surface area contributed by atoms with Gasteiger partial charge in [0.15, 0.2) is 0 Å². The second-order valence-corrected chi connectivity index (χ2v) is 5.77. The minimum Gasteiger partial charge on any atom is -0.352 e. The molecule has 0 saturated carbocycles. The number of hydrogen-bond donors (Lipinski definition) is 2. The normalized spacial score (nSPS) is 13.5. The minimum atomic E-state index is 0.105. The number of rotatable bonds is 4. The van der Waals surface area contributed by atoms with E-state index in [0.717, 1.165) is 11.3 Å². The summed E-state index contributed by atoms with van der Waals surface area (Å²) in [5.74, 6) is 0.473. The predicted octanol–water partition coefficient (Wildman–Crippen LogP) is 2.41. The van der Waals surface area contributed by atoms with Crippen molar-refractivity contribution < 1.29 is 4.79 Å². The number of nitrogens with zero attached hydrogens (tertiary/aromatic N) is 1. The zero-order valence-electron chi connectivity index (χ0n) is 11.4. The van der Waals surface area contributed by atoms with Gasteiger partial charge in [-0.1, -0.05) is 27.7 Å². The molecule has 1 heterocycles. The van der Waals surface area contributed by atoms with Crippen molar-refractivity contribution in [3.05, 3.63) is 17.5 Å². The number of aryl methyl sites for hydroxylation is 1. The van der Waals surface area contributed by atoms with Gasteiger partial charge in [0.1, 0.15) is 0 Å². The first-order valence-corrected chi connectivity index (χ1v) is 6.06. The van der Waals surface area contributed by atoms with Crippen molar-refractivity contribution in [1.29, 1.82) is 0 Å². The van der Waals surface area contributed by atoms with Crippen LogP contribution in [0.5, 0.6) is 0 Å². The molecule has 4 nitrogen and oxygen atoms in total. The third-order valence-corrected chi connectivity index (χ3v) is 3.38. The topological polar surface area (TPSA) is 57.8 Å². The Bertz CT molecular complexity index is 376. The zero-order valence-corrected chi connectivity index (χ0v) is 11.4. The van der Waals surface area contributed by atoms with Crippen molar-refractivity contribution in [1.82, 2.24) is 15.5 Å². The molecule has 1 amide bonds. The Labute approximate surface area is 103 Å². The lowest BCUT2D eigenvalue weighted by molar-refractivity contribution is -0.122. The van der Waals surface area contributed by atoms with E-state index in [1.165, 1.54) is 0 Å². The highest BCUT2D eigenvalue weighted by Crippen LogP contribution is 2.27. The standard InChI is InChI=1S/C13H23N3O/c1-9(13(3,4)5)6-12(17)14-7-11-8-15-16-10(11)2/h8-9H,6-7H2,1-5H3,(H,14,17)(H,15,16). The number of carbonyl (C=O) groups excluding carboxylic acids is 1. The van der Waals surface area contributed by atoms with Gasteiger partial charge in [0.05, 0.1) is 6.20 Å². The van der Waals surface area contributed by atoms with Gasteiger partial charge in [-0.3, -0.25) is 9.89 Å². The van der Waals surface area contributed by atoms with Gasteiger partial charge in [-0.2, -0.15) is 5.10 Å². The summed E-state index contributed by atoms with van der Waals surface area (Å²) in [6.07, 6.45) is 2.32. The highest BCUT2D eigenvalue weighted by atomic mass is 16.1. The molecule has 1 unspecified atom stereocenters. The average Bonchev–Trinajstić information content (AvgIpc) is 2.59. The molecule has 1 rings (SSSR count). The van der Waals surface area contributed by atoms with Crippen LogP contribution < -0.4 is 5.32 Å². The van der Waals surface area contributed by atoms with Gasteiger partial charge in [0.25, 0.3) is 0 Å². The van der Waals surface area contributed by atoms with Crippen molar-refractivity contribution in [3.63, 3.8) is 0 Å². The summed E-state index contributed by atoms with van der Waals surface area (Å²) in [6.45, 7) is 11.1. The molecule has 4 heteroatoms. The van der Waals surface area contributed by atoms with Crippen LogP contribution in [0.2, 0.25) is 0 Å². The lowest BCUT2D eigenvalue weighted by Gasteiger charge is -2.26. The molecule has 0 spiro atoms. The Hall–Kier alpha value is -1.32. The Balaban J connectivity index is 2.39. The molecule has 0 aliphatic rings. The van der Waals surface area contributed by atoms with Crippen LogP contribution in [0.1, 0.15) is 45.4 Å². The molecule has 0 fully saturated rings. The molecule has 0 aliphatic heterocycles. The first-order chi connectivity index (χ1) is 7.80. The van der Waals surface area contributed by atoms with E-state index in [1.807, 2.05) is 6.92 Å².